The highest BCUT2D eigenvalue weighted by Gasteiger charge is 2.20. The number of rotatable bonds is 6. The molecule has 0 spiro atoms. The molecule has 0 saturated carbocycles. The molecule has 0 unspecified atom stereocenters. The Hall–Kier alpha value is -10.5. The Morgan fingerprint density at radius 3 is 0.620 bits per heavy atom. The normalized spacial score (nSPS) is 11.7. The molecule has 0 fully saturated rings. The van der Waals surface area contributed by atoms with Crippen molar-refractivity contribution in [2.45, 2.75) is 0 Å². The molecular weight excluding hydrogens is 960 g/mol. The number of hydrogen-bond acceptors (Lipinski definition) is 6. The molecule has 16 aromatic rings. The first-order valence-corrected chi connectivity index (χ1v) is 26.3. The van der Waals surface area contributed by atoms with Crippen molar-refractivity contribution in [1.29, 1.82) is 0 Å². The first-order chi connectivity index (χ1) is 38.7. The molecule has 0 bridgehead atoms. The Balaban J connectivity index is 0.00000541. The van der Waals surface area contributed by atoms with Gasteiger partial charge >= 0.3 is 0 Å². The molecule has 0 amide bonds. The third kappa shape index (κ3) is 7.28. The number of nitrogens with zero attached hydrogens (tertiary/aromatic N) is 6. The lowest BCUT2D eigenvalue weighted by atomic mass is 9.85. The van der Waals surface area contributed by atoms with Gasteiger partial charge in [-0.05, 0) is 135 Å². The topological polar surface area (TPSA) is 77.3 Å². The van der Waals surface area contributed by atoms with Gasteiger partial charge in [0.15, 0.2) is 0 Å². The van der Waals surface area contributed by atoms with Gasteiger partial charge < -0.3 is 0 Å². The van der Waals surface area contributed by atoms with Gasteiger partial charge in [0.2, 0.25) is 0 Å². The molecule has 3 radical (unpaired) electrons. The maximum absolute atomic E-state index is 4.87. The fraction of sp³-hybridized carbons (Fsp3) is 0. The van der Waals surface area contributed by atoms with Crippen LogP contribution in [0.4, 0.5) is 0 Å². The molecule has 0 atom stereocenters. The second-order valence-electron chi connectivity index (χ2n) is 20.1. The second-order valence-corrected chi connectivity index (χ2v) is 20.1. The summed E-state index contributed by atoms with van der Waals surface area (Å²) in [4.78, 5) is 29.0. The average Bonchev–Trinajstić information content (AvgIpc) is 3.71. The van der Waals surface area contributed by atoms with Crippen LogP contribution >= 0.6 is 0 Å². The van der Waals surface area contributed by atoms with E-state index in [0.717, 1.165) is 164 Å². The lowest BCUT2D eigenvalue weighted by Gasteiger charge is -2.19. The number of fused-ring (bicyclic) bond motifs is 18. The van der Waals surface area contributed by atoms with Crippen molar-refractivity contribution in [3.8, 4) is 66.8 Å². The smallest absolute Gasteiger partial charge is 0.0971 e. The maximum Gasteiger partial charge on any atom is 0.0971 e. The van der Waals surface area contributed by atoms with E-state index in [1.54, 1.807) is 37.2 Å². The Morgan fingerprint density at radius 2 is 0.367 bits per heavy atom. The summed E-state index contributed by atoms with van der Waals surface area (Å²) >= 11 is 0. The molecule has 3 heterocycles. The summed E-state index contributed by atoms with van der Waals surface area (Å²) in [6.45, 7) is 0. The van der Waals surface area contributed by atoms with Crippen LogP contribution in [-0.2, 0) is 0 Å². The molecule has 0 saturated heterocycles. The van der Waals surface area contributed by atoms with E-state index in [1.165, 1.54) is 0 Å². The van der Waals surface area contributed by atoms with Gasteiger partial charge in [-0.1, -0.05) is 182 Å². The van der Waals surface area contributed by atoms with E-state index in [0.29, 0.717) is 0 Å². The number of aromatic nitrogens is 6. The summed E-state index contributed by atoms with van der Waals surface area (Å²) in [6, 6.07) is 79.8. The third-order valence-corrected chi connectivity index (χ3v) is 15.9. The zero-order chi connectivity index (χ0) is 51.3. The highest BCUT2D eigenvalue weighted by molar-refractivity contribution is 6.26. The van der Waals surface area contributed by atoms with Crippen LogP contribution in [0.2, 0.25) is 0 Å². The zero-order valence-electron chi connectivity index (χ0n) is 42.5. The predicted octanol–water partition coefficient (Wildman–Crippen LogP) is 18.1. The number of benzene rings is 13. The minimum absolute atomic E-state index is 0. The second kappa shape index (κ2) is 18.4. The van der Waals surface area contributed by atoms with Crippen LogP contribution in [0, 0.1) is 0 Å². The Bertz CT molecular complexity index is 4560. The van der Waals surface area contributed by atoms with Crippen molar-refractivity contribution in [2.75, 3.05) is 0 Å². The molecule has 79 heavy (non-hydrogen) atoms. The van der Waals surface area contributed by atoms with Crippen LogP contribution < -0.4 is 0 Å². The number of hydrogen-bond donors (Lipinski definition) is 0. The van der Waals surface area contributed by atoms with Crippen molar-refractivity contribution < 1.29 is 0 Å². The molecule has 0 N–H and O–H groups in total. The van der Waals surface area contributed by atoms with Crippen LogP contribution in [0.15, 0.2) is 256 Å². The fourth-order valence-electron chi connectivity index (χ4n) is 12.4. The molecule has 363 valence electrons. The largest absolute Gasteiger partial charge is 0.252 e. The average molecular weight is 1000 g/mol. The molecule has 13 aromatic carbocycles. The molecule has 0 aliphatic heterocycles. The molecule has 3 aromatic heterocycles. The molecule has 0 aliphatic rings. The van der Waals surface area contributed by atoms with Gasteiger partial charge in [-0.25, -0.2) is 0 Å². The quantitative estimate of drug-likeness (QED) is 0.122. The van der Waals surface area contributed by atoms with Gasteiger partial charge in [-0.3, -0.25) is 29.9 Å². The molecule has 16 rings (SSSR count). The maximum atomic E-state index is 4.87. The summed E-state index contributed by atoms with van der Waals surface area (Å²) in [6.07, 6.45) is 10.7. The standard InChI is InChI=1S/C72H42N6.B/c1-4-16-52(49(13-1)43-25-28-61-64(40-43)55-19-7-10-22-58(55)67-70(61)76-34-31-73-67)46-37-47(53-17-5-2-14-50(53)44-26-29-62-65(41-44)56-20-8-11-23-59(56)68-71(62)77-35-32-74-68)39-48(38-46)54-18-6-3-15-51(54)45-27-30-63-66(42-45)57-21-9-12-24-60(57)69-72(63)78-36-33-75-69;/h1-42H;. The zero-order valence-corrected chi connectivity index (χ0v) is 42.5. The van der Waals surface area contributed by atoms with Gasteiger partial charge in [0, 0.05) is 77.9 Å². The lowest BCUT2D eigenvalue weighted by molar-refractivity contribution is 1.31. The van der Waals surface area contributed by atoms with Gasteiger partial charge in [-0.2, -0.15) is 0 Å². The van der Waals surface area contributed by atoms with E-state index in [2.05, 4.69) is 218 Å². The van der Waals surface area contributed by atoms with E-state index in [-0.39, 0.29) is 8.41 Å². The van der Waals surface area contributed by atoms with E-state index in [1.807, 2.05) is 0 Å². The van der Waals surface area contributed by atoms with E-state index in [4.69, 9.17) is 29.9 Å². The van der Waals surface area contributed by atoms with E-state index < -0.39 is 0 Å². The molecule has 0 aliphatic carbocycles. The Kier molecular flexibility index (Phi) is 10.7. The van der Waals surface area contributed by atoms with E-state index >= 15 is 0 Å². The first-order valence-electron chi connectivity index (χ1n) is 26.3. The molecule has 7 heteroatoms. The summed E-state index contributed by atoms with van der Waals surface area (Å²) < 4.78 is 0. The van der Waals surface area contributed by atoms with Crippen LogP contribution in [0.5, 0.6) is 0 Å². The summed E-state index contributed by atoms with van der Waals surface area (Å²) in [5, 5.41) is 13.4. The van der Waals surface area contributed by atoms with Crippen molar-refractivity contribution in [1.82, 2.24) is 29.9 Å². The third-order valence-electron chi connectivity index (χ3n) is 15.9. The van der Waals surface area contributed by atoms with Crippen molar-refractivity contribution in [2.24, 2.45) is 0 Å². The Morgan fingerprint density at radius 1 is 0.165 bits per heavy atom. The molecular formula is C72H42BN6. The van der Waals surface area contributed by atoms with E-state index in [9.17, 15) is 0 Å². The summed E-state index contributed by atoms with van der Waals surface area (Å²) in [5.74, 6) is 0. The summed E-state index contributed by atoms with van der Waals surface area (Å²) in [5.41, 5.74) is 19.0. The van der Waals surface area contributed by atoms with Gasteiger partial charge in [-0.15, -0.1) is 0 Å². The highest BCUT2D eigenvalue weighted by Crippen LogP contribution is 2.46. The van der Waals surface area contributed by atoms with Crippen LogP contribution in [0.1, 0.15) is 0 Å². The van der Waals surface area contributed by atoms with Crippen molar-refractivity contribution in [3.05, 3.63) is 256 Å². The fourth-order valence-corrected chi connectivity index (χ4v) is 12.4. The van der Waals surface area contributed by atoms with Crippen LogP contribution in [-0.4, -0.2) is 38.3 Å². The van der Waals surface area contributed by atoms with Gasteiger partial charge in [0.1, 0.15) is 0 Å². The first kappa shape index (κ1) is 45.9. The van der Waals surface area contributed by atoms with Gasteiger partial charge in [0.25, 0.3) is 0 Å². The van der Waals surface area contributed by atoms with Crippen LogP contribution in [0.25, 0.3) is 164 Å². The van der Waals surface area contributed by atoms with Gasteiger partial charge in [0.05, 0.1) is 33.1 Å². The highest BCUT2D eigenvalue weighted by atomic mass is 14.8. The minimum atomic E-state index is 0. The lowest BCUT2D eigenvalue weighted by Crippen LogP contribution is -1.93. The van der Waals surface area contributed by atoms with Crippen molar-refractivity contribution >= 4 is 106 Å². The van der Waals surface area contributed by atoms with Crippen LogP contribution in [0.3, 0.4) is 0 Å². The SMILES string of the molecule is [B].c1ccc(-c2ccc3c(c2)c2ccccc2c2nccnc32)c(-c2cc(-c3ccccc3-c3ccc4c(c3)c3ccccc3c3nccnc43)cc(-c3ccccc3-c3ccc4c(c3)c3ccccc3c3nccnc43)c2)c1. The summed E-state index contributed by atoms with van der Waals surface area (Å²) in [7, 11) is 0. The Labute approximate surface area is 456 Å². The monoisotopic (exact) mass is 1000 g/mol. The predicted molar refractivity (Wildman–Crippen MR) is 329 cm³/mol. The van der Waals surface area contributed by atoms with Crippen molar-refractivity contribution in [3.63, 3.8) is 0 Å². The minimum Gasteiger partial charge on any atom is -0.252 e. The molecule has 6 nitrogen and oxygen atoms in total.